The van der Waals surface area contributed by atoms with Crippen LogP contribution in [0.4, 0.5) is 4.79 Å². The van der Waals surface area contributed by atoms with Crippen LogP contribution < -0.4 is 35.3 Å². The zero-order valence-corrected chi connectivity index (χ0v) is 12.9. The number of hydroxylamine groups is 2. The van der Waals surface area contributed by atoms with Crippen molar-refractivity contribution in [3.8, 4) is 0 Å². The average Bonchev–Trinajstić information content (AvgIpc) is 2.42. The Labute approximate surface area is 131 Å². The molecule has 2 aliphatic heterocycles. The smallest absolute Gasteiger partial charge is 0.724 e. The number of piperidine rings is 1. The van der Waals surface area contributed by atoms with Crippen LogP contribution in [-0.4, -0.2) is 59.0 Å². The molecule has 2 aliphatic rings. The monoisotopic (exact) mass is 305 g/mol. The predicted octanol–water partition coefficient (Wildman–Crippen LogP) is -5.69. The third kappa shape index (κ3) is 3.78. The second-order valence-electron chi connectivity index (χ2n) is 3.89. The second kappa shape index (κ2) is 6.35. The van der Waals surface area contributed by atoms with Crippen LogP contribution in [0.5, 0.6) is 0 Å². The summed E-state index contributed by atoms with van der Waals surface area (Å²) in [7, 11) is -5.00. The Kier molecular flexibility index (Phi) is 6.20. The zero-order valence-electron chi connectivity index (χ0n) is 10.1. The molecule has 2 saturated heterocycles. The number of amides is 3. The van der Waals surface area contributed by atoms with Crippen molar-refractivity contribution in [3.05, 3.63) is 0 Å². The fourth-order valence-electron chi connectivity index (χ4n) is 2.12. The van der Waals surface area contributed by atoms with Gasteiger partial charge in [0, 0.05) is 6.54 Å². The maximum Gasteiger partial charge on any atom is 1.00 e. The maximum absolute atomic E-state index is 11.7. The normalized spacial score (nSPS) is 25.6. The third-order valence-electron chi connectivity index (χ3n) is 2.82. The summed E-state index contributed by atoms with van der Waals surface area (Å²) in [6, 6.07) is -2.14. The molecule has 19 heavy (non-hydrogen) atoms. The van der Waals surface area contributed by atoms with Crippen LogP contribution in [0.15, 0.2) is 0 Å². The first-order valence-electron chi connectivity index (χ1n) is 4.84. The van der Waals surface area contributed by atoms with Crippen LogP contribution in [0, 0.1) is 0 Å². The first-order valence-corrected chi connectivity index (χ1v) is 6.17. The summed E-state index contributed by atoms with van der Waals surface area (Å²) in [5.74, 6) is -0.663. The van der Waals surface area contributed by atoms with E-state index in [-0.39, 0.29) is 41.6 Å². The number of primary amides is 1. The summed E-state index contributed by atoms with van der Waals surface area (Å²) in [6.45, 7) is 0.127. The van der Waals surface area contributed by atoms with Gasteiger partial charge in [0.15, 0.2) is 0 Å². The summed E-state index contributed by atoms with van der Waals surface area (Å²) < 4.78 is 35.4. The van der Waals surface area contributed by atoms with Gasteiger partial charge in [-0.05, 0) is 12.8 Å². The van der Waals surface area contributed by atoms with Gasteiger partial charge in [0.05, 0.1) is 6.04 Å². The average molecular weight is 305 g/mol. The number of nitrogens with two attached hydrogens (primary N) is 1. The Balaban J connectivity index is 0.00000162. The van der Waals surface area contributed by atoms with Gasteiger partial charge in [0.25, 0.3) is 0 Å². The predicted molar refractivity (Wildman–Crippen MR) is 54.3 cm³/mol. The quantitative estimate of drug-likeness (QED) is 0.310. The summed E-state index contributed by atoms with van der Waals surface area (Å²) in [4.78, 5) is 23.9. The van der Waals surface area contributed by atoms with Crippen molar-refractivity contribution < 1.29 is 61.9 Å². The topological polar surface area (TPSA) is 165 Å². The first-order chi connectivity index (χ1) is 7.79. The minimum absolute atomic E-state index is 0. The van der Waals surface area contributed by atoms with Crippen LogP contribution in [-0.2, 0) is 19.5 Å². The number of fused-ring (bicyclic) bond motifs is 2. The van der Waals surface area contributed by atoms with E-state index in [0.717, 1.165) is 4.90 Å². The summed E-state index contributed by atoms with van der Waals surface area (Å²) in [5.41, 5.74) is 5.11. The molecule has 12 heteroatoms. The first kappa shape index (κ1) is 18.6. The van der Waals surface area contributed by atoms with E-state index in [2.05, 4.69) is 4.28 Å². The number of carbonyl (C=O) groups excluding carboxylic acids is 2. The van der Waals surface area contributed by atoms with Gasteiger partial charge < -0.3 is 20.7 Å². The van der Waals surface area contributed by atoms with E-state index in [0.29, 0.717) is 17.9 Å². The molecule has 2 rings (SSSR count). The van der Waals surface area contributed by atoms with Gasteiger partial charge in [-0.25, -0.2) is 13.2 Å². The van der Waals surface area contributed by atoms with Crippen LogP contribution >= 0.6 is 0 Å². The zero-order chi connectivity index (χ0) is 12.8. The Bertz CT molecular complexity index is 469. The molecule has 0 aromatic heterocycles. The van der Waals surface area contributed by atoms with Gasteiger partial charge in [-0.1, -0.05) is 0 Å². The molecule has 2 fully saturated rings. The minimum atomic E-state index is -5.00. The van der Waals surface area contributed by atoms with Gasteiger partial charge in [0.1, 0.15) is 6.04 Å². The SMILES string of the molecule is NC(=O)[C@@H]1CC[C@@H]2CN1C(=O)N2OS(=O)(=O)[O-].O.[Na+]. The van der Waals surface area contributed by atoms with E-state index >= 15 is 0 Å². The standard InChI is InChI=1S/C7H11N3O6S.Na.H2O/c8-6(11)5-2-1-4-3-9(5)7(12)10(4)16-17(13,14)15;;/h4-5H,1-3H2,(H2,8,11)(H,13,14,15);;1H2/q;+1;/p-1/t4-,5+;;/m1../s1. The molecule has 0 spiro atoms. The van der Waals surface area contributed by atoms with Crippen LogP contribution in [0.25, 0.3) is 0 Å². The van der Waals surface area contributed by atoms with Crippen LogP contribution in [0.3, 0.4) is 0 Å². The van der Waals surface area contributed by atoms with Crippen molar-refractivity contribution in [1.82, 2.24) is 9.96 Å². The maximum atomic E-state index is 11.7. The van der Waals surface area contributed by atoms with Crippen molar-refractivity contribution in [1.29, 1.82) is 0 Å². The number of carbonyl (C=O) groups is 2. The van der Waals surface area contributed by atoms with Gasteiger partial charge in [0.2, 0.25) is 16.3 Å². The van der Waals surface area contributed by atoms with Crippen LogP contribution in [0.1, 0.15) is 12.8 Å². The molecule has 2 bridgehead atoms. The molecule has 2 heterocycles. The third-order valence-corrected chi connectivity index (χ3v) is 3.17. The number of urea groups is 1. The van der Waals surface area contributed by atoms with Gasteiger partial charge in [-0.15, -0.1) is 0 Å². The van der Waals surface area contributed by atoms with Crippen LogP contribution in [0.2, 0.25) is 0 Å². The largest absolute Gasteiger partial charge is 1.00 e. The molecule has 10 nitrogen and oxygen atoms in total. The Hall–Kier alpha value is -0.430. The summed E-state index contributed by atoms with van der Waals surface area (Å²) in [5, 5.41) is 0.505. The van der Waals surface area contributed by atoms with Gasteiger partial charge in [-0.2, -0.15) is 9.35 Å². The molecule has 2 atom stereocenters. The summed E-state index contributed by atoms with van der Waals surface area (Å²) >= 11 is 0. The Morgan fingerprint density at radius 2 is 2.00 bits per heavy atom. The molecular formula is C7H12N3NaO7S. The molecule has 0 aromatic carbocycles. The fourth-order valence-corrected chi connectivity index (χ4v) is 2.51. The second-order valence-corrected chi connectivity index (χ2v) is 4.86. The van der Waals surface area contributed by atoms with Gasteiger partial charge >= 0.3 is 35.6 Å². The summed E-state index contributed by atoms with van der Waals surface area (Å²) in [6.07, 6.45) is 0.676. The van der Waals surface area contributed by atoms with Crippen molar-refractivity contribution in [2.45, 2.75) is 24.9 Å². The number of hydrogen-bond donors (Lipinski definition) is 1. The van der Waals surface area contributed by atoms with Crippen molar-refractivity contribution in [3.63, 3.8) is 0 Å². The molecule has 104 valence electrons. The Morgan fingerprint density at radius 3 is 2.47 bits per heavy atom. The molecule has 0 unspecified atom stereocenters. The van der Waals surface area contributed by atoms with Crippen molar-refractivity contribution >= 4 is 22.3 Å². The van der Waals surface area contributed by atoms with E-state index in [1.807, 2.05) is 0 Å². The molecule has 3 amide bonds. The fraction of sp³-hybridized carbons (Fsp3) is 0.714. The molecule has 0 saturated carbocycles. The molecule has 0 aliphatic carbocycles. The van der Waals surface area contributed by atoms with Crippen molar-refractivity contribution in [2.75, 3.05) is 6.54 Å². The number of hydrogen-bond acceptors (Lipinski definition) is 6. The Morgan fingerprint density at radius 1 is 1.42 bits per heavy atom. The molecule has 4 N–H and O–H groups in total. The molecule has 0 radical (unpaired) electrons. The van der Waals surface area contributed by atoms with E-state index in [1.165, 1.54) is 0 Å². The minimum Gasteiger partial charge on any atom is -0.724 e. The van der Waals surface area contributed by atoms with E-state index in [1.54, 1.807) is 0 Å². The number of nitrogens with zero attached hydrogens (tertiary/aromatic N) is 2. The van der Waals surface area contributed by atoms with E-state index < -0.39 is 34.4 Å². The van der Waals surface area contributed by atoms with E-state index in [4.69, 9.17) is 5.73 Å². The molecular weight excluding hydrogens is 293 g/mol. The molecule has 0 aromatic rings. The van der Waals surface area contributed by atoms with E-state index in [9.17, 15) is 22.6 Å². The van der Waals surface area contributed by atoms with Gasteiger partial charge in [-0.3, -0.25) is 4.79 Å². The number of rotatable bonds is 3. The van der Waals surface area contributed by atoms with Crippen molar-refractivity contribution in [2.24, 2.45) is 5.73 Å².